The van der Waals surface area contributed by atoms with E-state index in [2.05, 4.69) is 15.6 Å². The number of carbonyl (C=O) groups excluding carboxylic acids is 3. The average Bonchev–Trinajstić information content (AvgIpc) is 3.38. The van der Waals surface area contributed by atoms with E-state index in [0.29, 0.717) is 40.7 Å². The molecule has 2 aromatic carbocycles. The van der Waals surface area contributed by atoms with Crippen molar-refractivity contribution in [3.63, 3.8) is 0 Å². The zero-order valence-electron chi connectivity index (χ0n) is 16.8. The molecule has 1 unspecified atom stereocenters. The van der Waals surface area contributed by atoms with Gasteiger partial charge in [0, 0.05) is 23.6 Å². The van der Waals surface area contributed by atoms with Crippen molar-refractivity contribution in [2.75, 3.05) is 0 Å². The quantitative estimate of drug-likeness (QED) is 0.596. The van der Waals surface area contributed by atoms with Crippen LogP contribution >= 0.6 is 11.6 Å². The SMILES string of the molecule is O=C1CCC(N2Cc3ccc(-n4cc(COc5ccc(Cl)cc5)nn4)cc3C2=O)C(=O)N1. The van der Waals surface area contributed by atoms with Gasteiger partial charge in [-0.2, -0.15) is 0 Å². The molecule has 0 bridgehead atoms. The largest absolute Gasteiger partial charge is 0.487 e. The molecule has 32 heavy (non-hydrogen) atoms. The Morgan fingerprint density at radius 3 is 2.72 bits per heavy atom. The third-order valence-electron chi connectivity index (χ3n) is 5.52. The minimum atomic E-state index is -0.640. The molecule has 0 radical (unpaired) electrons. The van der Waals surface area contributed by atoms with Crippen LogP contribution in [-0.4, -0.2) is 43.7 Å². The molecule has 1 N–H and O–H groups in total. The fourth-order valence-corrected chi connectivity index (χ4v) is 3.99. The molecule has 1 fully saturated rings. The third-order valence-corrected chi connectivity index (χ3v) is 5.77. The summed E-state index contributed by atoms with van der Waals surface area (Å²) < 4.78 is 7.26. The lowest BCUT2D eigenvalue weighted by Crippen LogP contribution is -2.52. The standard InChI is InChI=1S/C22H18ClN5O4/c23-14-2-5-17(6-3-14)32-12-15-11-28(26-25-15)16-4-1-13-10-27(22(31)18(13)9-16)19-7-8-20(29)24-21(19)30/h1-6,9,11,19H,7-8,10,12H2,(H,24,29,30). The Morgan fingerprint density at radius 1 is 1.12 bits per heavy atom. The fraction of sp³-hybridized carbons (Fsp3) is 0.227. The van der Waals surface area contributed by atoms with E-state index in [1.807, 2.05) is 12.1 Å². The lowest BCUT2D eigenvalue weighted by atomic mass is 10.0. The molecule has 0 saturated carbocycles. The first-order valence-corrected chi connectivity index (χ1v) is 10.4. The van der Waals surface area contributed by atoms with E-state index in [4.69, 9.17) is 16.3 Å². The van der Waals surface area contributed by atoms with Crippen LogP contribution in [0.25, 0.3) is 5.69 Å². The van der Waals surface area contributed by atoms with E-state index in [1.54, 1.807) is 41.2 Å². The highest BCUT2D eigenvalue weighted by Gasteiger charge is 2.39. The smallest absolute Gasteiger partial charge is 0.255 e. The first-order valence-electron chi connectivity index (χ1n) is 10.1. The topological polar surface area (TPSA) is 106 Å². The summed E-state index contributed by atoms with van der Waals surface area (Å²) in [5.41, 5.74) is 2.64. The second-order valence-electron chi connectivity index (χ2n) is 7.64. The van der Waals surface area contributed by atoms with Crippen molar-refractivity contribution in [3.05, 3.63) is 70.5 Å². The van der Waals surface area contributed by atoms with Crippen molar-refractivity contribution in [2.45, 2.75) is 32.0 Å². The molecule has 1 aromatic heterocycles. The molecule has 1 saturated heterocycles. The van der Waals surface area contributed by atoms with Crippen LogP contribution in [0.15, 0.2) is 48.7 Å². The number of rotatable bonds is 5. The van der Waals surface area contributed by atoms with Gasteiger partial charge in [-0.15, -0.1) is 5.10 Å². The van der Waals surface area contributed by atoms with Gasteiger partial charge in [-0.3, -0.25) is 19.7 Å². The van der Waals surface area contributed by atoms with E-state index in [-0.39, 0.29) is 24.8 Å². The van der Waals surface area contributed by atoms with Crippen molar-refractivity contribution in [2.24, 2.45) is 0 Å². The highest BCUT2D eigenvalue weighted by Crippen LogP contribution is 2.29. The zero-order valence-corrected chi connectivity index (χ0v) is 17.6. The van der Waals surface area contributed by atoms with Crippen molar-refractivity contribution in [1.29, 1.82) is 0 Å². The monoisotopic (exact) mass is 451 g/mol. The molecule has 3 amide bonds. The van der Waals surface area contributed by atoms with Gasteiger partial charge in [-0.05, 0) is 48.4 Å². The summed E-state index contributed by atoms with van der Waals surface area (Å²) in [4.78, 5) is 38.1. The number of fused-ring (bicyclic) bond motifs is 1. The van der Waals surface area contributed by atoms with Gasteiger partial charge in [0.15, 0.2) is 0 Å². The number of halogens is 1. The van der Waals surface area contributed by atoms with Gasteiger partial charge in [-0.1, -0.05) is 22.9 Å². The molecule has 1 atom stereocenters. The molecule has 162 valence electrons. The van der Waals surface area contributed by atoms with Crippen LogP contribution < -0.4 is 10.1 Å². The molecule has 5 rings (SSSR count). The summed E-state index contributed by atoms with van der Waals surface area (Å²) in [7, 11) is 0. The number of hydrogen-bond donors (Lipinski definition) is 1. The fourth-order valence-electron chi connectivity index (χ4n) is 3.86. The average molecular weight is 452 g/mol. The number of carbonyl (C=O) groups is 3. The summed E-state index contributed by atoms with van der Waals surface area (Å²) in [6.07, 6.45) is 2.29. The molecule has 2 aliphatic rings. The van der Waals surface area contributed by atoms with Crippen LogP contribution in [0, 0.1) is 0 Å². The number of nitrogens with zero attached hydrogens (tertiary/aromatic N) is 4. The van der Waals surface area contributed by atoms with Crippen LogP contribution in [0.5, 0.6) is 5.75 Å². The zero-order chi connectivity index (χ0) is 22.2. The number of aromatic nitrogens is 3. The number of nitrogens with one attached hydrogen (secondary N) is 1. The number of hydrogen-bond acceptors (Lipinski definition) is 6. The maximum absolute atomic E-state index is 13.0. The molecule has 0 spiro atoms. The Morgan fingerprint density at radius 2 is 1.94 bits per heavy atom. The summed E-state index contributed by atoms with van der Waals surface area (Å²) >= 11 is 5.88. The lowest BCUT2D eigenvalue weighted by molar-refractivity contribution is -0.136. The molecule has 0 aliphatic carbocycles. The molecular weight excluding hydrogens is 434 g/mol. The maximum atomic E-state index is 13.0. The van der Waals surface area contributed by atoms with Gasteiger partial charge in [-0.25, -0.2) is 4.68 Å². The Balaban J connectivity index is 1.30. The number of imide groups is 1. The van der Waals surface area contributed by atoms with Crippen LogP contribution in [-0.2, 0) is 22.7 Å². The number of amides is 3. The highest BCUT2D eigenvalue weighted by molar-refractivity contribution is 6.30. The van der Waals surface area contributed by atoms with E-state index in [1.165, 1.54) is 4.90 Å². The molecule has 3 heterocycles. The van der Waals surface area contributed by atoms with Crippen molar-refractivity contribution in [1.82, 2.24) is 25.2 Å². The second kappa shape index (κ2) is 8.08. The molecule has 3 aromatic rings. The second-order valence-corrected chi connectivity index (χ2v) is 8.07. The molecule has 10 heteroatoms. The first kappa shape index (κ1) is 20.2. The summed E-state index contributed by atoms with van der Waals surface area (Å²) in [6.45, 7) is 0.563. The predicted octanol–water partition coefficient (Wildman–Crippen LogP) is 2.26. The van der Waals surface area contributed by atoms with Crippen molar-refractivity contribution in [3.8, 4) is 11.4 Å². The number of piperidine rings is 1. The van der Waals surface area contributed by atoms with Crippen LogP contribution in [0.1, 0.15) is 34.5 Å². The predicted molar refractivity (Wildman–Crippen MR) is 113 cm³/mol. The number of ether oxygens (including phenoxy) is 1. The van der Waals surface area contributed by atoms with Crippen LogP contribution in [0.3, 0.4) is 0 Å². The van der Waals surface area contributed by atoms with E-state index in [0.717, 1.165) is 5.56 Å². The Hall–Kier alpha value is -3.72. The normalized spacial score (nSPS) is 18.0. The minimum Gasteiger partial charge on any atom is -0.487 e. The minimum absolute atomic E-state index is 0.224. The van der Waals surface area contributed by atoms with Gasteiger partial charge < -0.3 is 9.64 Å². The van der Waals surface area contributed by atoms with Crippen LogP contribution in [0.4, 0.5) is 0 Å². The third kappa shape index (κ3) is 3.82. The Kier molecular flexibility index (Phi) is 5.10. The van der Waals surface area contributed by atoms with E-state index >= 15 is 0 Å². The van der Waals surface area contributed by atoms with Crippen LogP contribution in [0.2, 0.25) is 5.02 Å². The van der Waals surface area contributed by atoms with Crippen molar-refractivity contribution >= 4 is 29.3 Å². The Labute approximate surface area is 187 Å². The summed E-state index contributed by atoms with van der Waals surface area (Å²) in [6, 6.07) is 11.8. The van der Waals surface area contributed by atoms with Gasteiger partial charge in [0.2, 0.25) is 11.8 Å². The van der Waals surface area contributed by atoms with Gasteiger partial charge in [0.25, 0.3) is 5.91 Å². The number of benzene rings is 2. The van der Waals surface area contributed by atoms with E-state index < -0.39 is 11.9 Å². The van der Waals surface area contributed by atoms with Crippen molar-refractivity contribution < 1.29 is 19.1 Å². The van der Waals surface area contributed by atoms with Gasteiger partial charge in [0.05, 0.1) is 11.9 Å². The molecule has 9 nitrogen and oxygen atoms in total. The van der Waals surface area contributed by atoms with Gasteiger partial charge >= 0.3 is 0 Å². The van der Waals surface area contributed by atoms with Gasteiger partial charge in [0.1, 0.15) is 24.1 Å². The summed E-state index contributed by atoms with van der Waals surface area (Å²) in [5.74, 6) is -0.299. The maximum Gasteiger partial charge on any atom is 0.255 e. The first-order chi connectivity index (χ1) is 15.5. The Bertz CT molecular complexity index is 1220. The highest BCUT2D eigenvalue weighted by atomic mass is 35.5. The molecular formula is C22H18ClN5O4. The summed E-state index contributed by atoms with van der Waals surface area (Å²) in [5, 5.41) is 11.2. The molecule has 2 aliphatic heterocycles. The van der Waals surface area contributed by atoms with E-state index in [9.17, 15) is 14.4 Å². The lowest BCUT2D eigenvalue weighted by Gasteiger charge is -2.29.